The number of halogens is 1. The van der Waals surface area contributed by atoms with Gasteiger partial charge in [0, 0.05) is 17.1 Å². The van der Waals surface area contributed by atoms with Gasteiger partial charge in [-0.2, -0.15) is 0 Å². The standard InChI is InChI=1S/C19H24ClNO4/c1-3-25-17(22)11-21-14-8-9-16(21)18(19(23)24-2)15(10-14)12-4-6-13(20)7-5-12/h4,6-7,14,16,18H,3,5,8-11H2,1-2H3/b15-12-/t14-,16?,18?/m1/s1. The first-order valence-electron chi connectivity index (χ1n) is 8.80. The Labute approximate surface area is 153 Å². The number of allylic oxidation sites excluding steroid dienone is 5. The first kappa shape index (κ1) is 18.2. The maximum Gasteiger partial charge on any atom is 0.320 e. The van der Waals surface area contributed by atoms with Crippen LogP contribution in [0.5, 0.6) is 0 Å². The Kier molecular flexibility index (Phi) is 5.64. The van der Waals surface area contributed by atoms with Crippen LogP contribution in [-0.4, -0.2) is 49.2 Å². The Balaban J connectivity index is 1.89. The second-order valence-electron chi connectivity index (χ2n) is 6.66. The summed E-state index contributed by atoms with van der Waals surface area (Å²) in [4.78, 5) is 26.7. The van der Waals surface area contributed by atoms with Crippen molar-refractivity contribution in [3.8, 4) is 0 Å². The number of methoxy groups -OCH3 is 1. The molecule has 2 bridgehead atoms. The van der Waals surface area contributed by atoms with Crippen LogP contribution in [0.2, 0.25) is 0 Å². The van der Waals surface area contributed by atoms with E-state index >= 15 is 0 Å². The van der Waals surface area contributed by atoms with E-state index in [9.17, 15) is 9.59 Å². The van der Waals surface area contributed by atoms with Gasteiger partial charge in [-0.25, -0.2) is 0 Å². The Morgan fingerprint density at radius 3 is 2.76 bits per heavy atom. The third-order valence-electron chi connectivity index (χ3n) is 5.35. The number of piperidine rings is 1. The van der Waals surface area contributed by atoms with Crippen molar-refractivity contribution >= 4 is 23.5 Å². The number of hydrogen-bond acceptors (Lipinski definition) is 5. The van der Waals surface area contributed by atoms with Crippen molar-refractivity contribution in [2.24, 2.45) is 5.92 Å². The second kappa shape index (κ2) is 7.75. The summed E-state index contributed by atoms with van der Waals surface area (Å²) in [7, 11) is 1.43. The van der Waals surface area contributed by atoms with E-state index < -0.39 is 0 Å². The largest absolute Gasteiger partial charge is 0.469 e. The van der Waals surface area contributed by atoms with E-state index in [1.807, 2.05) is 18.2 Å². The molecule has 3 rings (SSSR count). The van der Waals surface area contributed by atoms with Gasteiger partial charge >= 0.3 is 11.9 Å². The van der Waals surface area contributed by atoms with Crippen LogP contribution in [0.25, 0.3) is 0 Å². The lowest BCUT2D eigenvalue weighted by molar-refractivity contribution is -0.151. The maximum atomic E-state index is 12.6. The molecule has 2 heterocycles. The van der Waals surface area contributed by atoms with Crippen molar-refractivity contribution < 1.29 is 19.1 Å². The molecule has 5 nitrogen and oxygen atoms in total. The van der Waals surface area contributed by atoms with Crippen LogP contribution in [-0.2, 0) is 19.1 Å². The molecule has 0 aromatic carbocycles. The smallest absolute Gasteiger partial charge is 0.320 e. The van der Waals surface area contributed by atoms with Gasteiger partial charge in [0.05, 0.1) is 26.2 Å². The predicted molar refractivity (Wildman–Crippen MR) is 95.0 cm³/mol. The van der Waals surface area contributed by atoms with Crippen LogP contribution >= 0.6 is 11.6 Å². The Morgan fingerprint density at radius 2 is 2.12 bits per heavy atom. The first-order chi connectivity index (χ1) is 12.0. The van der Waals surface area contributed by atoms with Gasteiger partial charge < -0.3 is 9.47 Å². The lowest BCUT2D eigenvalue weighted by Crippen LogP contribution is -2.51. The summed E-state index contributed by atoms with van der Waals surface area (Å²) in [6.07, 6.45) is 9.22. The van der Waals surface area contributed by atoms with Gasteiger partial charge in [-0.3, -0.25) is 14.5 Å². The highest BCUT2D eigenvalue weighted by Gasteiger charge is 2.49. The highest BCUT2D eigenvalue weighted by atomic mass is 35.5. The molecule has 2 saturated heterocycles. The van der Waals surface area contributed by atoms with Gasteiger partial charge in [0.15, 0.2) is 0 Å². The van der Waals surface area contributed by atoms with Crippen molar-refractivity contribution in [2.45, 2.75) is 44.7 Å². The molecular formula is C19H24ClNO4. The maximum absolute atomic E-state index is 12.6. The third-order valence-corrected chi connectivity index (χ3v) is 5.63. The van der Waals surface area contributed by atoms with E-state index in [1.165, 1.54) is 7.11 Å². The summed E-state index contributed by atoms with van der Waals surface area (Å²) in [5.74, 6) is -0.787. The number of nitrogens with zero attached hydrogens (tertiary/aromatic N) is 1. The molecule has 0 N–H and O–H groups in total. The summed E-state index contributed by atoms with van der Waals surface area (Å²) in [5.41, 5.74) is 2.28. The van der Waals surface area contributed by atoms with Crippen molar-refractivity contribution in [2.75, 3.05) is 20.3 Å². The fourth-order valence-electron chi connectivity index (χ4n) is 4.28. The minimum Gasteiger partial charge on any atom is -0.469 e. The Morgan fingerprint density at radius 1 is 1.32 bits per heavy atom. The molecule has 2 aliphatic heterocycles. The summed E-state index contributed by atoms with van der Waals surface area (Å²) in [6.45, 7) is 2.41. The predicted octanol–water partition coefficient (Wildman–Crippen LogP) is 2.95. The Hall–Kier alpha value is -1.59. The number of hydrogen-bond donors (Lipinski definition) is 0. The molecule has 3 atom stereocenters. The average molecular weight is 366 g/mol. The number of fused-ring (bicyclic) bond motifs is 2. The molecule has 2 fully saturated rings. The van der Waals surface area contributed by atoms with Crippen LogP contribution in [0, 0.1) is 5.92 Å². The quantitative estimate of drug-likeness (QED) is 0.717. The molecule has 0 amide bonds. The molecule has 136 valence electrons. The monoisotopic (exact) mass is 365 g/mol. The number of carbonyl (C=O) groups is 2. The molecule has 1 aliphatic carbocycles. The van der Waals surface area contributed by atoms with Gasteiger partial charge in [0.25, 0.3) is 0 Å². The van der Waals surface area contributed by atoms with E-state index in [1.54, 1.807) is 6.92 Å². The second-order valence-corrected chi connectivity index (χ2v) is 7.09. The third kappa shape index (κ3) is 3.67. The SMILES string of the molecule is CCOC(=O)CN1C2CC[C@@H]1C/C(=C1\C=CC(Cl)=CC1)C2C(=O)OC. The van der Waals surface area contributed by atoms with Crippen LogP contribution in [0.3, 0.4) is 0 Å². The number of rotatable bonds is 4. The number of ether oxygens (including phenoxy) is 2. The molecule has 6 heteroatoms. The van der Waals surface area contributed by atoms with Crippen molar-refractivity contribution in [3.63, 3.8) is 0 Å². The summed E-state index contributed by atoms with van der Waals surface area (Å²) >= 11 is 6.03. The zero-order valence-electron chi connectivity index (χ0n) is 14.7. The van der Waals surface area contributed by atoms with E-state index in [2.05, 4.69) is 4.90 Å². The summed E-state index contributed by atoms with van der Waals surface area (Å²) in [5, 5.41) is 0.724. The molecule has 0 spiro atoms. The lowest BCUT2D eigenvalue weighted by atomic mass is 9.80. The van der Waals surface area contributed by atoms with Gasteiger partial charge in [-0.05, 0) is 49.8 Å². The van der Waals surface area contributed by atoms with Crippen molar-refractivity contribution in [1.29, 1.82) is 0 Å². The molecule has 0 aromatic heterocycles. The van der Waals surface area contributed by atoms with Gasteiger partial charge in [-0.15, -0.1) is 0 Å². The molecule has 0 radical (unpaired) electrons. The minimum absolute atomic E-state index is 0.00659. The van der Waals surface area contributed by atoms with Crippen LogP contribution in [0.4, 0.5) is 0 Å². The van der Waals surface area contributed by atoms with Gasteiger partial charge in [-0.1, -0.05) is 23.8 Å². The molecule has 0 saturated carbocycles. The lowest BCUT2D eigenvalue weighted by Gasteiger charge is -2.40. The van der Waals surface area contributed by atoms with Gasteiger partial charge in [0.2, 0.25) is 0 Å². The fourth-order valence-corrected chi connectivity index (χ4v) is 4.42. The molecule has 3 aliphatic rings. The summed E-state index contributed by atoms with van der Waals surface area (Å²) < 4.78 is 10.2. The van der Waals surface area contributed by atoms with E-state index in [-0.39, 0.29) is 36.5 Å². The molecule has 0 aromatic rings. The average Bonchev–Trinajstić information content (AvgIpc) is 2.86. The van der Waals surface area contributed by atoms with E-state index in [0.717, 1.165) is 41.9 Å². The minimum atomic E-state index is -0.330. The number of esters is 2. The van der Waals surface area contributed by atoms with Crippen LogP contribution in [0.15, 0.2) is 34.4 Å². The number of carbonyl (C=O) groups excluding carboxylic acids is 2. The van der Waals surface area contributed by atoms with Crippen LogP contribution in [0.1, 0.15) is 32.6 Å². The highest BCUT2D eigenvalue weighted by molar-refractivity contribution is 6.31. The molecule has 25 heavy (non-hydrogen) atoms. The summed E-state index contributed by atoms with van der Waals surface area (Å²) in [6, 6.07) is 0.264. The zero-order chi connectivity index (χ0) is 18.0. The van der Waals surface area contributed by atoms with E-state index in [4.69, 9.17) is 21.1 Å². The topological polar surface area (TPSA) is 55.8 Å². The fraction of sp³-hybridized carbons (Fsp3) is 0.579. The first-order valence-corrected chi connectivity index (χ1v) is 9.17. The zero-order valence-corrected chi connectivity index (χ0v) is 15.4. The van der Waals surface area contributed by atoms with Crippen LogP contribution < -0.4 is 0 Å². The van der Waals surface area contributed by atoms with Gasteiger partial charge in [0.1, 0.15) is 0 Å². The van der Waals surface area contributed by atoms with Crippen molar-refractivity contribution in [3.05, 3.63) is 34.4 Å². The highest BCUT2D eigenvalue weighted by Crippen LogP contribution is 2.45. The molecule has 2 unspecified atom stereocenters. The molecular weight excluding hydrogens is 342 g/mol. The Bertz CT molecular complexity index is 652. The normalized spacial score (nSPS) is 31.6. The van der Waals surface area contributed by atoms with Crippen molar-refractivity contribution in [1.82, 2.24) is 4.90 Å². The van der Waals surface area contributed by atoms with E-state index in [0.29, 0.717) is 6.61 Å².